The fourth-order valence-electron chi connectivity index (χ4n) is 2.39. The summed E-state index contributed by atoms with van der Waals surface area (Å²) in [5.41, 5.74) is 8.52. The van der Waals surface area contributed by atoms with Crippen LogP contribution in [-0.4, -0.2) is 25.8 Å². The number of rotatable bonds is 2. The van der Waals surface area contributed by atoms with E-state index in [0.717, 1.165) is 30.6 Å². The summed E-state index contributed by atoms with van der Waals surface area (Å²) in [5.74, 6) is 0. The van der Waals surface area contributed by atoms with Gasteiger partial charge in [0.25, 0.3) is 0 Å². The molecule has 1 aromatic carbocycles. The van der Waals surface area contributed by atoms with Gasteiger partial charge in [0.05, 0.1) is 6.10 Å². The Hall–Kier alpha value is -0.580. The topological polar surface area (TPSA) is 38.5 Å². The molecule has 0 aliphatic carbocycles. The molecule has 1 fully saturated rings. The first-order chi connectivity index (χ1) is 8.58. The Bertz CT molecular complexity index is 409. The van der Waals surface area contributed by atoms with Gasteiger partial charge in [-0.1, -0.05) is 15.9 Å². The van der Waals surface area contributed by atoms with Gasteiger partial charge in [0.15, 0.2) is 0 Å². The molecule has 1 aromatic rings. The van der Waals surface area contributed by atoms with Crippen molar-refractivity contribution in [1.29, 1.82) is 0 Å². The minimum absolute atomic E-state index is 0.0389. The molecule has 1 saturated heterocycles. The highest BCUT2D eigenvalue weighted by molar-refractivity contribution is 9.10. The van der Waals surface area contributed by atoms with Crippen molar-refractivity contribution in [2.45, 2.75) is 32.4 Å². The maximum atomic E-state index is 6.09. The molecule has 2 unspecified atom stereocenters. The van der Waals surface area contributed by atoms with Crippen molar-refractivity contribution < 1.29 is 4.74 Å². The molecule has 3 nitrogen and oxygen atoms in total. The largest absolute Gasteiger partial charge is 0.377 e. The molecule has 2 atom stereocenters. The molecule has 0 bridgehead atoms. The van der Waals surface area contributed by atoms with Gasteiger partial charge in [0.2, 0.25) is 0 Å². The predicted molar refractivity (Wildman–Crippen MR) is 79.0 cm³/mol. The second kappa shape index (κ2) is 6.04. The lowest BCUT2D eigenvalue weighted by atomic mass is 10.1. The van der Waals surface area contributed by atoms with E-state index in [1.165, 1.54) is 11.3 Å². The second-order valence-corrected chi connectivity index (χ2v) is 5.89. The molecule has 2 N–H and O–H groups in total. The SMILES string of the molecule is CC1CN(c2ccc(Br)cc2C(C)N)CCCO1. The maximum absolute atomic E-state index is 6.09. The van der Waals surface area contributed by atoms with Gasteiger partial charge in [-0.2, -0.15) is 0 Å². The molecule has 0 radical (unpaired) electrons. The molecule has 0 amide bonds. The molecular weight excluding hydrogens is 292 g/mol. The summed E-state index contributed by atoms with van der Waals surface area (Å²) in [6.07, 6.45) is 1.34. The molecule has 1 heterocycles. The summed E-state index contributed by atoms with van der Waals surface area (Å²) in [7, 11) is 0. The van der Waals surface area contributed by atoms with Gasteiger partial charge >= 0.3 is 0 Å². The zero-order valence-electron chi connectivity index (χ0n) is 11.0. The summed E-state index contributed by atoms with van der Waals surface area (Å²) < 4.78 is 6.78. The Labute approximate surface area is 117 Å². The zero-order chi connectivity index (χ0) is 13.1. The van der Waals surface area contributed by atoms with Crippen LogP contribution in [-0.2, 0) is 4.74 Å². The Kier molecular flexibility index (Phi) is 4.65. The quantitative estimate of drug-likeness (QED) is 0.912. The third kappa shape index (κ3) is 3.25. The smallest absolute Gasteiger partial charge is 0.0721 e. The molecule has 0 spiro atoms. The van der Waals surface area contributed by atoms with Crippen molar-refractivity contribution in [3.63, 3.8) is 0 Å². The van der Waals surface area contributed by atoms with E-state index < -0.39 is 0 Å². The molecule has 0 saturated carbocycles. The second-order valence-electron chi connectivity index (χ2n) is 4.97. The molecular formula is C14H21BrN2O. The summed E-state index contributed by atoms with van der Waals surface area (Å²) in [6, 6.07) is 6.39. The lowest BCUT2D eigenvalue weighted by molar-refractivity contribution is 0.0821. The fraction of sp³-hybridized carbons (Fsp3) is 0.571. The van der Waals surface area contributed by atoms with E-state index in [1.54, 1.807) is 0 Å². The molecule has 2 rings (SSSR count). The molecule has 100 valence electrons. The van der Waals surface area contributed by atoms with Crippen LogP contribution in [0.1, 0.15) is 31.9 Å². The number of benzene rings is 1. The van der Waals surface area contributed by atoms with Crippen LogP contribution in [0.3, 0.4) is 0 Å². The summed E-state index contributed by atoms with van der Waals surface area (Å²) in [5, 5.41) is 0. The number of ether oxygens (including phenoxy) is 1. The number of anilines is 1. The van der Waals surface area contributed by atoms with Gasteiger partial charge in [-0.25, -0.2) is 0 Å². The Balaban J connectivity index is 2.30. The van der Waals surface area contributed by atoms with Gasteiger partial charge in [-0.05, 0) is 44.0 Å². The van der Waals surface area contributed by atoms with E-state index in [-0.39, 0.29) is 12.1 Å². The lowest BCUT2D eigenvalue weighted by Gasteiger charge is -2.28. The van der Waals surface area contributed by atoms with Gasteiger partial charge in [-0.15, -0.1) is 0 Å². The van der Waals surface area contributed by atoms with Gasteiger partial charge in [0, 0.05) is 35.9 Å². The van der Waals surface area contributed by atoms with Crippen molar-refractivity contribution in [3.8, 4) is 0 Å². The van der Waals surface area contributed by atoms with Gasteiger partial charge in [0.1, 0.15) is 0 Å². The highest BCUT2D eigenvalue weighted by atomic mass is 79.9. The fourth-order valence-corrected chi connectivity index (χ4v) is 2.77. The van der Waals surface area contributed by atoms with E-state index in [1.807, 2.05) is 6.92 Å². The van der Waals surface area contributed by atoms with Gasteiger partial charge in [-0.3, -0.25) is 0 Å². The third-order valence-corrected chi connectivity index (χ3v) is 3.77. The minimum atomic E-state index is 0.0389. The lowest BCUT2D eigenvalue weighted by Crippen LogP contribution is -2.31. The van der Waals surface area contributed by atoms with E-state index >= 15 is 0 Å². The van der Waals surface area contributed by atoms with Crippen molar-refractivity contribution in [1.82, 2.24) is 0 Å². The number of halogens is 1. The average molecular weight is 313 g/mol. The van der Waals surface area contributed by atoms with E-state index in [2.05, 4.69) is 46.0 Å². The molecule has 1 aliphatic heterocycles. The minimum Gasteiger partial charge on any atom is -0.377 e. The van der Waals surface area contributed by atoms with Crippen LogP contribution in [0, 0.1) is 0 Å². The first kappa shape index (κ1) is 13.8. The van der Waals surface area contributed by atoms with Crippen LogP contribution >= 0.6 is 15.9 Å². The van der Waals surface area contributed by atoms with Crippen LogP contribution < -0.4 is 10.6 Å². The van der Waals surface area contributed by atoms with Crippen molar-refractivity contribution >= 4 is 21.6 Å². The predicted octanol–water partition coefficient (Wildman–Crippen LogP) is 3.08. The van der Waals surface area contributed by atoms with Crippen LogP contribution in [0.4, 0.5) is 5.69 Å². The van der Waals surface area contributed by atoms with Crippen molar-refractivity contribution in [2.24, 2.45) is 5.73 Å². The zero-order valence-corrected chi connectivity index (χ0v) is 12.6. The standard InChI is InChI=1S/C14H21BrN2O/c1-10-9-17(6-3-7-18-10)14-5-4-12(15)8-13(14)11(2)16/h4-5,8,10-11H,3,6-7,9,16H2,1-2H3. The van der Waals surface area contributed by atoms with Crippen molar-refractivity contribution in [3.05, 3.63) is 28.2 Å². The molecule has 0 aromatic heterocycles. The third-order valence-electron chi connectivity index (χ3n) is 3.27. The Morgan fingerprint density at radius 3 is 3.00 bits per heavy atom. The first-order valence-electron chi connectivity index (χ1n) is 6.49. The van der Waals surface area contributed by atoms with Crippen LogP contribution in [0.5, 0.6) is 0 Å². The Morgan fingerprint density at radius 2 is 2.28 bits per heavy atom. The van der Waals surface area contributed by atoms with Gasteiger partial charge < -0.3 is 15.4 Å². The normalized spacial score (nSPS) is 22.7. The van der Waals surface area contributed by atoms with E-state index in [9.17, 15) is 0 Å². The summed E-state index contributed by atoms with van der Waals surface area (Å²) in [4.78, 5) is 2.39. The van der Waals surface area contributed by atoms with Crippen LogP contribution in [0.15, 0.2) is 22.7 Å². The Morgan fingerprint density at radius 1 is 1.50 bits per heavy atom. The molecule has 4 heteroatoms. The highest BCUT2D eigenvalue weighted by Crippen LogP contribution is 2.29. The van der Waals surface area contributed by atoms with Crippen molar-refractivity contribution in [2.75, 3.05) is 24.6 Å². The van der Waals surface area contributed by atoms with E-state index in [4.69, 9.17) is 10.5 Å². The maximum Gasteiger partial charge on any atom is 0.0721 e. The number of hydrogen-bond donors (Lipinski definition) is 1. The first-order valence-corrected chi connectivity index (χ1v) is 7.29. The van der Waals surface area contributed by atoms with E-state index in [0.29, 0.717) is 0 Å². The average Bonchev–Trinajstić information content (AvgIpc) is 2.53. The summed E-state index contributed by atoms with van der Waals surface area (Å²) >= 11 is 3.52. The number of nitrogens with two attached hydrogens (primary N) is 1. The summed E-state index contributed by atoms with van der Waals surface area (Å²) in [6.45, 7) is 6.97. The highest BCUT2D eigenvalue weighted by Gasteiger charge is 2.19. The molecule has 1 aliphatic rings. The monoisotopic (exact) mass is 312 g/mol. The number of hydrogen-bond acceptors (Lipinski definition) is 3. The van der Waals surface area contributed by atoms with Crippen LogP contribution in [0.25, 0.3) is 0 Å². The molecule has 18 heavy (non-hydrogen) atoms. The number of nitrogens with zero attached hydrogens (tertiary/aromatic N) is 1. The van der Waals surface area contributed by atoms with Crippen LogP contribution in [0.2, 0.25) is 0 Å².